The monoisotopic (exact) mass is 592 g/mol. The highest BCUT2D eigenvalue weighted by atomic mass is 79.9. The van der Waals surface area contributed by atoms with Crippen LogP contribution in [0.4, 0.5) is 10.1 Å². The van der Waals surface area contributed by atoms with Crippen molar-refractivity contribution in [2.45, 2.75) is 45.1 Å². The van der Waals surface area contributed by atoms with Gasteiger partial charge >= 0.3 is 0 Å². The van der Waals surface area contributed by atoms with Crippen molar-refractivity contribution in [2.24, 2.45) is 34.8 Å². The molecular weight excluding hydrogens is 563 g/mol. The van der Waals surface area contributed by atoms with Gasteiger partial charge in [0.15, 0.2) is 5.82 Å². The average molecular weight is 594 g/mol. The molecule has 2 amide bonds. The second-order valence-electron chi connectivity index (χ2n) is 10.9. The van der Waals surface area contributed by atoms with Gasteiger partial charge in [-0.05, 0) is 94.8 Å². The van der Waals surface area contributed by atoms with E-state index in [2.05, 4.69) is 21.2 Å². The molecule has 35 heavy (non-hydrogen) atoms. The minimum absolute atomic E-state index is 0.00384. The summed E-state index contributed by atoms with van der Waals surface area (Å²) in [6, 6.07) is 2.57. The molecule has 4 saturated carbocycles. The Hall–Kier alpha value is -1.11. The minimum atomic E-state index is -3.65. The summed E-state index contributed by atoms with van der Waals surface area (Å²) in [7, 11) is -3.65. The molecule has 1 saturated heterocycles. The predicted molar refractivity (Wildman–Crippen MR) is 137 cm³/mol. The third-order valence-corrected chi connectivity index (χ3v) is 11.0. The van der Waals surface area contributed by atoms with Gasteiger partial charge in [0.25, 0.3) is 0 Å². The van der Waals surface area contributed by atoms with Gasteiger partial charge in [0.1, 0.15) is 5.69 Å². The number of amides is 2. The highest BCUT2D eigenvalue weighted by Gasteiger charge is 2.58. The van der Waals surface area contributed by atoms with Crippen LogP contribution in [0.25, 0.3) is 0 Å². The lowest BCUT2D eigenvalue weighted by Crippen LogP contribution is -2.63. The lowest BCUT2D eigenvalue weighted by Gasteiger charge is -2.59. The van der Waals surface area contributed by atoms with E-state index in [-0.39, 0.29) is 66.0 Å². The standard InChI is InChI=1S/C23H31BrClFN4O4S/c1-12-9-29(35(33,34)30(10-12)21-17(24)4-16(25)5-18(21)26)11-19(31)28-20-14-2-13-3-15(20)8-23(6-13,7-14)22(27)32/h4-5,12-15,20,33-34H,2-3,6-11H2,1H3,(H2,27,32)(H,28,31). The number of anilines is 1. The van der Waals surface area contributed by atoms with Gasteiger partial charge in [0.2, 0.25) is 11.8 Å². The molecule has 12 heteroatoms. The SMILES string of the molecule is CC1CN(CC(=O)NC2C3CC4CC2CC(C(N)=O)(C4)C3)S(O)(O)N(c2c(F)cc(Cl)cc2Br)C1. The van der Waals surface area contributed by atoms with Gasteiger partial charge in [-0.2, -0.15) is 4.31 Å². The van der Waals surface area contributed by atoms with Crippen molar-refractivity contribution in [3.8, 4) is 0 Å². The molecule has 0 radical (unpaired) electrons. The Morgan fingerprint density at radius 3 is 2.51 bits per heavy atom. The van der Waals surface area contributed by atoms with E-state index in [0.29, 0.717) is 23.2 Å². The molecule has 4 aliphatic carbocycles. The summed E-state index contributed by atoms with van der Waals surface area (Å²) in [5, 5.41) is 3.33. The number of rotatable bonds is 5. The molecule has 1 aliphatic heterocycles. The molecule has 0 aromatic heterocycles. The lowest BCUT2D eigenvalue weighted by atomic mass is 9.47. The van der Waals surface area contributed by atoms with Crippen molar-refractivity contribution in [3.05, 3.63) is 27.4 Å². The van der Waals surface area contributed by atoms with E-state index in [1.807, 2.05) is 6.92 Å². The van der Waals surface area contributed by atoms with Crippen LogP contribution in [0.5, 0.6) is 0 Å². The molecule has 0 spiro atoms. The predicted octanol–water partition coefficient (Wildman–Crippen LogP) is 4.38. The molecule has 8 nitrogen and oxygen atoms in total. The molecule has 5 N–H and O–H groups in total. The third-order valence-electron chi connectivity index (χ3n) is 8.31. The molecule has 1 heterocycles. The fraction of sp³-hybridized carbons (Fsp3) is 0.652. The van der Waals surface area contributed by atoms with Crippen LogP contribution in [0.1, 0.15) is 39.0 Å². The smallest absolute Gasteiger partial charge is 0.236 e. The molecule has 194 valence electrons. The zero-order valence-corrected chi connectivity index (χ0v) is 22.6. The van der Waals surface area contributed by atoms with E-state index < -0.39 is 22.2 Å². The number of halogens is 3. The Morgan fingerprint density at radius 2 is 1.91 bits per heavy atom. The molecule has 4 bridgehead atoms. The number of primary amides is 1. The fourth-order valence-corrected chi connectivity index (χ4v) is 10.1. The van der Waals surface area contributed by atoms with Crippen molar-refractivity contribution in [3.63, 3.8) is 0 Å². The van der Waals surface area contributed by atoms with Crippen LogP contribution in [-0.2, 0) is 9.59 Å². The van der Waals surface area contributed by atoms with Crippen LogP contribution in [0, 0.1) is 34.9 Å². The zero-order chi connectivity index (χ0) is 25.3. The number of benzene rings is 1. The van der Waals surface area contributed by atoms with E-state index in [1.54, 1.807) is 0 Å². The van der Waals surface area contributed by atoms with Gasteiger partial charge in [-0.15, -0.1) is 0 Å². The van der Waals surface area contributed by atoms with Crippen LogP contribution in [0.15, 0.2) is 16.6 Å². The quantitative estimate of drug-likeness (QED) is 0.403. The maximum atomic E-state index is 14.8. The van der Waals surface area contributed by atoms with Crippen LogP contribution in [-0.4, -0.2) is 50.9 Å². The van der Waals surface area contributed by atoms with Crippen molar-refractivity contribution in [1.29, 1.82) is 0 Å². The molecule has 1 aromatic rings. The number of carbonyl (C=O) groups is 2. The van der Waals surface area contributed by atoms with E-state index in [1.165, 1.54) is 14.7 Å². The number of nitrogens with two attached hydrogens (primary N) is 1. The first-order valence-corrected chi connectivity index (χ1v) is 14.6. The van der Waals surface area contributed by atoms with E-state index in [4.69, 9.17) is 17.3 Å². The maximum Gasteiger partial charge on any atom is 0.236 e. The number of nitrogens with one attached hydrogen (secondary N) is 1. The van der Waals surface area contributed by atoms with Gasteiger partial charge in [-0.1, -0.05) is 18.5 Å². The highest BCUT2D eigenvalue weighted by Crippen LogP contribution is 2.60. The minimum Gasteiger partial charge on any atom is -0.369 e. The van der Waals surface area contributed by atoms with Crippen LogP contribution < -0.4 is 15.4 Å². The van der Waals surface area contributed by atoms with Crippen molar-refractivity contribution in [1.82, 2.24) is 9.62 Å². The molecule has 3 unspecified atom stereocenters. The molecule has 3 atom stereocenters. The van der Waals surface area contributed by atoms with Crippen LogP contribution >= 0.6 is 38.5 Å². The van der Waals surface area contributed by atoms with Crippen molar-refractivity contribution >= 4 is 56.0 Å². The summed E-state index contributed by atoms with van der Waals surface area (Å²) in [6.07, 6.45) is 4.21. The number of hydrogen-bond acceptors (Lipinski definition) is 6. The Balaban J connectivity index is 1.31. The number of carbonyl (C=O) groups excluding carboxylic acids is 2. The molecule has 5 fully saturated rings. The Kier molecular flexibility index (Phi) is 6.58. The van der Waals surface area contributed by atoms with Gasteiger partial charge in [-0.25, -0.2) is 4.39 Å². The Bertz CT molecular complexity index is 1030. The Morgan fingerprint density at radius 1 is 1.26 bits per heavy atom. The first-order chi connectivity index (χ1) is 16.4. The molecular formula is C23H31BrClFN4O4S. The summed E-state index contributed by atoms with van der Waals surface area (Å²) in [6.45, 7) is 2.18. The topological polar surface area (TPSA) is 119 Å². The summed E-state index contributed by atoms with van der Waals surface area (Å²) in [5.74, 6) is -0.382. The van der Waals surface area contributed by atoms with E-state index in [0.717, 1.165) is 25.3 Å². The molecule has 1 aromatic carbocycles. The van der Waals surface area contributed by atoms with Gasteiger partial charge in [0.05, 0.1) is 6.54 Å². The highest BCUT2D eigenvalue weighted by molar-refractivity contribution is 9.10. The molecule has 6 rings (SSSR count). The second-order valence-corrected chi connectivity index (χ2v) is 14.1. The number of hydrogen-bond donors (Lipinski definition) is 4. The number of nitrogens with zero attached hydrogens (tertiary/aromatic N) is 2. The summed E-state index contributed by atoms with van der Waals surface area (Å²) >= 11 is 9.22. The van der Waals surface area contributed by atoms with Gasteiger partial charge in [-0.3, -0.25) is 23.0 Å². The normalized spacial score (nSPS) is 36.7. The van der Waals surface area contributed by atoms with E-state index in [9.17, 15) is 23.1 Å². The third kappa shape index (κ3) is 4.46. The van der Waals surface area contributed by atoms with Gasteiger partial charge in [0, 0.05) is 34.0 Å². The van der Waals surface area contributed by atoms with Gasteiger partial charge < -0.3 is 11.1 Å². The lowest BCUT2D eigenvalue weighted by molar-refractivity contribution is -0.147. The first kappa shape index (κ1) is 25.5. The fourth-order valence-electron chi connectivity index (χ4n) is 7.12. The first-order valence-electron chi connectivity index (χ1n) is 11.9. The van der Waals surface area contributed by atoms with Crippen molar-refractivity contribution in [2.75, 3.05) is 23.9 Å². The zero-order valence-electron chi connectivity index (χ0n) is 19.4. The summed E-state index contributed by atoms with van der Waals surface area (Å²) in [5.41, 5.74) is 5.33. The maximum absolute atomic E-state index is 14.8. The van der Waals surface area contributed by atoms with Crippen LogP contribution in [0.3, 0.4) is 0 Å². The average Bonchev–Trinajstić information content (AvgIpc) is 2.73. The largest absolute Gasteiger partial charge is 0.369 e. The summed E-state index contributed by atoms with van der Waals surface area (Å²) < 4.78 is 40.0. The second kappa shape index (κ2) is 9.02. The Labute approximate surface area is 219 Å². The van der Waals surface area contributed by atoms with Crippen LogP contribution in [0.2, 0.25) is 5.02 Å². The van der Waals surface area contributed by atoms with Crippen molar-refractivity contribution < 1.29 is 23.1 Å². The summed E-state index contributed by atoms with van der Waals surface area (Å²) in [4.78, 5) is 25.4. The van der Waals surface area contributed by atoms with E-state index >= 15 is 0 Å². The molecule has 5 aliphatic rings.